The minimum atomic E-state index is 0.600. The number of benzene rings is 1. The van der Waals surface area contributed by atoms with Gasteiger partial charge in [-0.05, 0) is 31.4 Å². The molecule has 0 saturated heterocycles. The third kappa shape index (κ3) is 2.39. The van der Waals surface area contributed by atoms with Gasteiger partial charge in [0.05, 0.1) is 0 Å². The third-order valence-corrected chi connectivity index (χ3v) is 3.45. The van der Waals surface area contributed by atoms with Crippen LogP contribution in [0, 0.1) is 6.92 Å². The molecule has 0 aliphatic rings. The van der Waals surface area contributed by atoms with Crippen molar-refractivity contribution in [2.24, 2.45) is 0 Å². The van der Waals surface area contributed by atoms with Gasteiger partial charge in [0.1, 0.15) is 12.1 Å². The Kier molecular flexibility index (Phi) is 3.08. The molecule has 3 rings (SSSR count). The van der Waals surface area contributed by atoms with Gasteiger partial charge in [0.15, 0.2) is 0 Å². The second-order valence-electron chi connectivity index (χ2n) is 4.11. The van der Waals surface area contributed by atoms with Gasteiger partial charge in [-0.25, -0.2) is 4.98 Å². The van der Waals surface area contributed by atoms with E-state index in [-0.39, 0.29) is 0 Å². The van der Waals surface area contributed by atoms with Gasteiger partial charge >= 0.3 is 0 Å². The predicted molar refractivity (Wildman–Crippen MR) is 77.0 cm³/mol. The molecular formula is C13H13N5S. The van der Waals surface area contributed by atoms with Gasteiger partial charge in [-0.3, -0.25) is 0 Å². The molecule has 96 valence electrons. The lowest BCUT2D eigenvalue weighted by Crippen LogP contribution is -2.02. The third-order valence-electron chi connectivity index (χ3n) is 2.72. The monoisotopic (exact) mass is 271 g/mol. The molecular weight excluding hydrogens is 258 g/mol. The Morgan fingerprint density at radius 3 is 3.00 bits per heavy atom. The van der Waals surface area contributed by atoms with Crippen molar-refractivity contribution in [2.45, 2.75) is 11.8 Å². The van der Waals surface area contributed by atoms with E-state index in [1.807, 2.05) is 25.1 Å². The molecule has 5 nitrogen and oxygen atoms in total. The van der Waals surface area contributed by atoms with Crippen molar-refractivity contribution in [1.29, 1.82) is 0 Å². The van der Waals surface area contributed by atoms with Crippen molar-refractivity contribution in [3.05, 3.63) is 42.4 Å². The first kappa shape index (κ1) is 12.0. The highest BCUT2D eigenvalue weighted by Gasteiger charge is 2.05. The molecule has 0 saturated carbocycles. The minimum Gasteiger partial charge on any atom is -0.340 e. The van der Waals surface area contributed by atoms with Crippen LogP contribution in [0.3, 0.4) is 0 Å². The lowest BCUT2D eigenvalue weighted by molar-refractivity contribution is 0.937. The van der Waals surface area contributed by atoms with E-state index < -0.39 is 0 Å². The fraction of sp³-hybridized carbons (Fsp3) is 0.154. The number of nitrogens with one attached hydrogen (secondary N) is 1. The van der Waals surface area contributed by atoms with E-state index in [9.17, 15) is 0 Å². The Bertz CT molecular complexity index is 722. The van der Waals surface area contributed by atoms with Crippen LogP contribution in [0.15, 0.2) is 41.6 Å². The Labute approximate surface area is 115 Å². The average Bonchev–Trinajstić information content (AvgIpc) is 2.87. The second kappa shape index (κ2) is 4.89. The molecule has 0 aliphatic heterocycles. The van der Waals surface area contributed by atoms with Crippen LogP contribution in [0.1, 0.15) is 5.69 Å². The second-order valence-corrected chi connectivity index (χ2v) is 4.99. The Hall–Kier alpha value is -2.08. The van der Waals surface area contributed by atoms with E-state index in [2.05, 4.69) is 38.8 Å². The lowest BCUT2D eigenvalue weighted by Gasteiger charge is -2.09. The van der Waals surface area contributed by atoms with Gasteiger partial charge < -0.3 is 5.32 Å². The number of fused-ring (bicyclic) bond motifs is 1. The van der Waals surface area contributed by atoms with Crippen molar-refractivity contribution in [3.8, 4) is 0 Å². The summed E-state index contributed by atoms with van der Waals surface area (Å²) < 4.78 is 1.69. The number of anilines is 2. The average molecular weight is 271 g/mol. The Balaban J connectivity index is 2.02. The van der Waals surface area contributed by atoms with E-state index in [4.69, 9.17) is 0 Å². The normalized spacial score (nSPS) is 10.8. The zero-order chi connectivity index (χ0) is 13.2. The van der Waals surface area contributed by atoms with Crippen LogP contribution >= 0.6 is 11.8 Å². The van der Waals surface area contributed by atoms with Gasteiger partial charge in [0.2, 0.25) is 0 Å². The smallest absolute Gasteiger partial charge is 0.254 e. The molecule has 0 fully saturated rings. The first-order valence-corrected chi connectivity index (χ1v) is 7.07. The highest BCUT2D eigenvalue weighted by atomic mass is 32.2. The van der Waals surface area contributed by atoms with Crippen LogP contribution in [0.2, 0.25) is 0 Å². The molecule has 3 aromatic rings. The van der Waals surface area contributed by atoms with E-state index in [0.717, 1.165) is 17.2 Å². The summed E-state index contributed by atoms with van der Waals surface area (Å²) in [5, 5.41) is 7.53. The summed E-state index contributed by atoms with van der Waals surface area (Å²) in [6.07, 6.45) is 3.57. The number of aromatic nitrogens is 4. The maximum absolute atomic E-state index is 4.32. The predicted octanol–water partition coefficient (Wildman–Crippen LogP) is 2.90. The topological polar surface area (TPSA) is 55.1 Å². The van der Waals surface area contributed by atoms with E-state index in [0.29, 0.717) is 5.78 Å². The number of rotatable bonds is 3. The highest BCUT2D eigenvalue weighted by Crippen LogP contribution is 2.22. The molecule has 0 atom stereocenters. The van der Waals surface area contributed by atoms with Crippen molar-refractivity contribution >= 4 is 29.0 Å². The summed E-state index contributed by atoms with van der Waals surface area (Å²) in [5.74, 6) is 1.46. The molecule has 0 spiro atoms. The molecule has 19 heavy (non-hydrogen) atoms. The summed E-state index contributed by atoms with van der Waals surface area (Å²) in [6, 6.07) is 10.2. The number of thioether (sulfide) groups is 1. The summed E-state index contributed by atoms with van der Waals surface area (Å²) in [7, 11) is 0. The molecule has 1 N–H and O–H groups in total. The number of hydrogen-bond donors (Lipinski definition) is 1. The molecule has 2 heterocycles. The fourth-order valence-corrected chi connectivity index (χ4v) is 2.33. The number of nitrogens with zero attached hydrogens (tertiary/aromatic N) is 4. The van der Waals surface area contributed by atoms with Gasteiger partial charge in [-0.2, -0.15) is 14.6 Å². The van der Waals surface area contributed by atoms with Crippen molar-refractivity contribution in [1.82, 2.24) is 19.6 Å². The summed E-state index contributed by atoms with van der Waals surface area (Å²) in [6.45, 7) is 1.94. The zero-order valence-corrected chi connectivity index (χ0v) is 11.5. The van der Waals surface area contributed by atoms with Crippen LogP contribution in [-0.2, 0) is 0 Å². The largest absolute Gasteiger partial charge is 0.340 e. The zero-order valence-electron chi connectivity index (χ0n) is 10.7. The van der Waals surface area contributed by atoms with E-state index >= 15 is 0 Å². The maximum Gasteiger partial charge on any atom is 0.254 e. The summed E-state index contributed by atoms with van der Waals surface area (Å²) in [4.78, 5) is 9.64. The summed E-state index contributed by atoms with van der Waals surface area (Å²) in [5.41, 5.74) is 1.93. The molecule has 1 aromatic carbocycles. The first-order chi connectivity index (χ1) is 9.26. The van der Waals surface area contributed by atoms with Gasteiger partial charge in [0.25, 0.3) is 5.78 Å². The van der Waals surface area contributed by atoms with Crippen LogP contribution in [0.25, 0.3) is 5.78 Å². The summed E-state index contributed by atoms with van der Waals surface area (Å²) >= 11 is 1.71. The molecule has 0 unspecified atom stereocenters. The van der Waals surface area contributed by atoms with Gasteiger partial charge in [0, 0.05) is 22.3 Å². The molecule has 0 radical (unpaired) electrons. The quantitative estimate of drug-likeness (QED) is 0.742. The fourth-order valence-electron chi connectivity index (χ4n) is 1.87. The van der Waals surface area contributed by atoms with E-state index in [1.165, 1.54) is 11.2 Å². The number of hydrogen-bond acceptors (Lipinski definition) is 5. The molecule has 0 aliphatic carbocycles. The van der Waals surface area contributed by atoms with Gasteiger partial charge in [-0.1, -0.05) is 6.07 Å². The molecule has 0 bridgehead atoms. The standard InChI is InChI=1S/C13H13N5S/c1-9-6-12(18-13(16-9)14-8-15-18)17-10-4-3-5-11(7-10)19-2/h3-8,17H,1-2H3. The van der Waals surface area contributed by atoms with Crippen molar-refractivity contribution in [2.75, 3.05) is 11.6 Å². The first-order valence-electron chi connectivity index (χ1n) is 5.85. The van der Waals surface area contributed by atoms with Crippen LogP contribution in [0.4, 0.5) is 11.5 Å². The SMILES string of the molecule is CSc1cccc(Nc2cc(C)nc3ncnn23)c1. The minimum absolute atomic E-state index is 0.600. The number of aryl methyl sites for hydroxylation is 1. The van der Waals surface area contributed by atoms with Crippen LogP contribution in [-0.4, -0.2) is 25.8 Å². The van der Waals surface area contributed by atoms with Crippen molar-refractivity contribution in [3.63, 3.8) is 0 Å². The lowest BCUT2D eigenvalue weighted by atomic mass is 10.3. The highest BCUT2D eigenvalue weighted by molar-refractivity contribution is 7.98. The van der Waals surface area contributed by atoms with Gasteiger partial charge in [-0.15, -0.1) is 11.8 Å². The Morgan fingerprint density at radius 1 is 1.26 bits per heavy atom. The molecule has 0 amide bonds. The van der Waals surface area contributed by atoms with Crippen LogP contribution in [0.5, 0.6) is 0 Å². The molecule has 2 aromatic heterocycles. The molecule has 6 heteroatoms. The maximum atomic E-state index is 4.32. The Morgan fingerprint density at radius 2 is 2.16 bits per heavy atom. The van der Waals surface area contributed by atoms with Crippen molar-refractivity contribution < 1.29 is 0 Å². The van der Waals surface area contributed by atoms with Crippen LogP contribution < -0.4 is 5.32 Å². The van der Waals surface area contributed by atoms with E-state index in [1.54, 1.807) is 16.3 Å².